The van der Waals surface area contributed by atoms with Crippen LogP contribution >= 0.6 is 11.6 Å². The van der Waals surface area contributed by atoms with Crippen LogP contribution in [-0.2, 0) is 20.8 Å². The van der Waals surface area contributed by atoms with Crippen molar-refractivity contribution in [3.05, 3.63) is 53.1 Å². The van der Waals surface area contributed by atoms with Crippen LogP contribution in [0.5, 0.6) is 5.75 Å². The quantitative estimate of drug-likeness (QED) is 0.665. The highest BCUT2D eigenvalue weighted by Crippen LogP contribution is 2.28. The van der Waals surface area contributed by atoms with Gasteiger partial charge >= 0.3 is 0 Å². The fraction of sp³-hybridized carbons (Fsp3) is 0.348. The van der Waals surface area contributed by atoms with Crippen LogP contribution in [0.2, 0.25) is 5.02 Å². The lowest BCUT2D eigenvalue weighted by molar-refractivity contribution is -0.132. The minimum Gasteiger partial charge on any atom is -0.495 e. The third-order valence-corrected chi connectivity index (χ3v) is 5.55. The molecule has 9 heteroatoms. The molecule has 3 rings (SSSR count). The molecule has 0 radical (unpaired) electrons. The monoisotopic (exact) mass is 458 g/mol. The molecule has 2 aromatic rings. The van der Waals surface area contributed by atoms with Gasteiger partial charge in [0, 0.05) is 43.8 Å². The van der Waals surface area contributed by atoms with E-state index in [0.717, 1.165) is 5.56 Å². The van der Waals surface area contributed by atoms with Crippen LogP contribution in [-0.4, -0.2) is 67.4 Å². The van der Waals surface area contributed by atoms with Crippen LogP contribution < -0.4 is 15.4 Å². The highest BCUT2D eigenvalue weighted by Gasteiger charge is 2.23. The van der Waals surface area contributed by atoms with Crippen molar-refractivity contribution in [2.75, 3.05) is 50.5 Å². The van der Waals surface area contributed by atoms with E-state index in [-0.39, 0.29) is 30.7 Å². The summed E-state index contributed by atoms with van der Waals surface area (Å²) in [6, 6.07) is 12.4. The Kier molecular flexibility index (Phi) is 8.08. The molecule has 0 unspecified atom stereocenters. The standard InChI is InChI=1S/C23H27ClN4O4/c1-16(29)25-18-7-8-21(32-2)20(14-18)26-22(30)15-27-9-11-28(12-10-27)23(31)13-17-5-3-4-6-19(17)24/h3-8,14H,9-13,15H2,1-2H3,(H,25,29)(H,26,30). The third-order valence-electron chi connectivity index (χ3n) is 5.19. The molecule has 0 spiro atoms. The van der Waals surface area contributed by atoms with Crippen LogP contribution in [0.1, 0.15) is 12.5 Å². The van der Waals surface area contributed by atoms with Crippen LogP contribution in [0, 0.1) is 0 Å². The first-order valence-corrected chi connectivity index (χ1v) is 10.7. The molecule has 0 aliphatic carbocycles. The minimum atomic E-state index is -0.200. The summed E-state index contributed by atoms with van der Waals surface area (Å²) in [7, 11) is 1.52. The second kappa shape index (κ2) is 11.0. The molecule has 1 saturated heterocycles. The number of carbonyl (C=O) groups excluding carboxylic acids is 3. The number of amides is 3. The highest BCUT2D eigenvalue weighted by atomic mass is 35.5. The van der Waals surface area contributed by atoms with Gasteiger partial charge in [0.1, 0.15) is 5.75 Å². The van der Waals surface area contributed by atoms with Crippen molar-refractivity contribution in [3.8, 4) is 5.75 Å². The number of nitrogens with one attached hydrogen (secondary N) is 2. The molecular weight excluding hydrogens is 432 g/mol. The van der Waals surface area contributed by atoms with Crippen LogP contribution in [0.3, 0.4) is 0 Å². The number of benzene rings is 2. The first-order chi connectivity index (χ1) is 15.4. The number of ether oxygens (including phenoxy) is 1. The van der Waals surface area contributed by atoms with Gasteiger partial charge in [-0.3, -0.25) is 19.3 Å². The average Bonchev–Trinajstić information content (AvgIpc) is 2.75. The van der Waals surface area contributed by atoms with E-state index in [4.69, 9.17) is 16.3 Å². The third kappa shape index (κ3) is 6.45. The second-order valence-corrected chi connectivity index (χ2v) is 7.98. The van der Waals surface area contributed by atoms with Crippen molar-refractivity contribution < 1.29 is 19.1 Å². The molecule has 0 aromatic heterocycles. The maximum absolute atomic E-state index is 12.6. The van der Waals surface area contributed by atoms with Crippen LogP contribution in [0.15, 0.2) is 42.5 Å². The van der Waals surface area contributed by atoms with Gasteiger partial charge < -0.3 is 20.3 Å². The molecular formula is C23H27ClN4O4. The summed E-state index contributed by atoms with van der Waals surface area (Å²) in [5.41, 5.74) is 1.87. The molecule has 1 aliphatic heterocycles. The summed E-state index contributed by atoms with van der Waals surface area (Å²) < 4.78 is 5.30. The molecule has 1 heterocycles. The number of methoxy groups -OCH3 is 1. The van der Waals surface area contributed by atoms with Gasteiger partial charge in [-0.15, -0.1) is 0 Å². The molecule has 32 heavy (non-hydrogen) atoms. The fourth-order valence-electron chi connectivity index (χ4n) is 3.55. The van der Waals surface area contributed by atoms with E-state index in [1.54, 1.807) is 29.2 Å². The first kappa shape index (κ1) is 23.6. The number of nitrogens with zero attached hydrogens (tertiary/aromatic N) is 2. The smallest absolute Gasteiger partial charge is 0.238 e. The number of hydrogen-bond donors (Lipinski definition) is 2. The van der Waals surface area contributed by atoms with Gasteiger partial charge in [0.05, 0.1) is 25.8 Å². The SMILES string of the molecule is COc1ccc(NC(C)=O)cc1NC(=O)CN1CCN(C(=O)Cc2ccccc2Cl)CC1. The lowest BCUT2D eigenvalue weighted by Gasteiger charge is -2.34. The lowest BCUT2D eigenvalue weighted by Crippen LogP contribution is -2.50. The van der Waals surface area contributed by atoms with Gasteiger partial charge in [0.15, 0.2) is 0 Å². The first-order valence-electron chi connectivity index (χ1n) is 10.3. The summed E-state index contributed by atoms with van der Waals surface area (Å²) in [6.07, 6.45) is 0.268. The average molecular weight is 459 g/mol. The Bertz CT molecular complexity index is 990. The molecule has 170 valence electrons. The van der Waals surface area contributed by atoms with Crippen molar-refractivity contribution in [2.24, 2.45) is 0 Å². The Morgan fingerprint density at radius 2 is 1.75 bits per heavy atom. The molecule has 0 bridgehead atoms. The van der Waals surface area contributed by atoms with E-state index in [0.29, 0.717) is 48.3 Å². The topological polar surface area (TPSA) is 91.0 Å². The zero-order chi connectivity index (χ0) is 23.1. The van der Waals surface area contributed by atoms with Crippen molar-refractivity contribution in [3.63, 3.8) is 0 Å². The number of anilines is 2. The molecule has 3 amide bonds. The largest absolute Gasteiger partial charge is 0.495 e. The summed E-state index contributed by atoms with van der Waals surface area (Å²) in [5, 5.41) is 6.12. The van der Waals surface area contributed by atoms with Crippen molar-refractivity contribution in [1.29, 1.82) is 0 Å². The van der Waals surface area contributed by atoms with E-state index < -0.39 is 0 Å². The number of rotatable bonds is 7. The normalized spacial score (nSPS) is 14.0. The summed E-state index contributed by atoms with van der Waals surface area (Å²) in [6.45, 7) is 3.92. The number of halogens is 1. The Labute approximate surface area is 192 Å². The van der Waals surface area contributed by atoms with E-state index in [2.05, 4.69) is 10.6 Å². The van der Waals surface area contributed by atoms with E-state index >= 15 is 0 Å². The number of carbonyl (C=O) groups is 3. The minimum absolute atomic E-state index is 0.0294. The summed E-state index contributed by atoms with van der Waals surface area (Å²) >= 11 is 6.16. The Balaban J connectivity index is 1.51. The molecule has 2 aromatic carbocycles. The van der Waals surface area contributed by atoms with Crippen molar-refractivity contribution in [1.82, 2.24) is 9.80 Å². The number of piperazine rings is 1. The molecule has 0 atom stereocenters. The highest BCUT2D eigenvalue weighted by molar-refractivity contribution is 6.31. The van der Waals surface area contributed by atoms with Gasteiger partial charge in [0.25, 0.3) is 0 Å². The predicted octanol–water partition coefficient (Wildman–Crippen LogP) is 2.63. The Morgan fingerprint density at radius 1 is 1.03 bits per heavy atom. The molecule has 0 saturated carbocycles. The number of hydrogen-bond acceptors (Lipinski definition) is 5. The van der Waals surface area contributed by atoms with Gasteiger partial charge in [-0.05, 0) is 29.8 Å². The van der Waals surface area contributed by atoms with Gasteiger partial charge in [-0.25, -0.2) is 0 Å². The Hall–Kier alpha value is -3.10. The fourth-order valence-corrected chi connectivity index (χ4v) is 3.75. The summed E-state index contributed by atoms with van der Waals surface area (Å²) in [4.78, 5) is 40.3. The lowest BCUT2D eigenvalue weighted by atomic mass is 10.1. The van der Waals surface area contributed by atoms with Crippen LogP contribution in [0.25, 0.3) is 0 Å². The zero-order valence-corrected chi connectivity index (χ0v) is 18.9. The molecule has 8 nitrogen and oxygen atoms in total. The summed E-state index contributed by atoms with van der Waals surface area (Å²) in [5.74, 6) is 0.137. The van der Waals surface area contributed by atoms with Gasteiger partial charge in [0.2, 0.25) is 17.7 Å². The van der Waals surface area contributed by atoms with Crippen molar-refractivity contribution >= 4 is 40.7 Å². The van der Waals surface area contributed by atoms with E-state index in [1.807, 2.05) is 23.1 Å². The van der Waals surface area contributed by atoms with Gasteiger partial charge in [-0.1, -0.05) is 29.8 Å². The van der Waals surface area contributed by atoms with Gasteiger partial charge in [-0.2, -0.15) is 0 Å². The predicted molar refractivity (Wildman–Crippen MR) is 124 cm³/mol. The van der Waals surface area contributed by atoms with E-state index in [1.165, 1.54) is 14.0 Å². The van der Waals surface area contributed by atoms with Crippen LogP contribution in [0.4, 0.5) is 11.4 Å². The maximum atomic E-state index is 12.6. The molecule has 2 N–H and O–H groups in total. The molecule has 1 aliphatic rings. The second-order valence-electron chi connectivity index (χ2n) is 7.57. The molecule has 1 fully saturated rings. The van der Waals surface area contributed by atoms with Crippen molar-refractivity contribution in [2.45, 2.75) is 13.3 Å². The van der Waals surface area contributed by atoms with E-state index in [9.17, 15) is 14.4 Å². The Morgan fingerprint density at radius 3 is 2.41 bits per heavy atom. The maximum Gasteiger partial charge on any atom is 0.238 e. The zero-order valence-electron chi connectivity index (χ0n) is 18.2.